The number of rotatable bonds is 3. The van der Waals surface area contributed by atoms with Gasteiger partial charge in [0, 0.05) is 5.56 Å². The van der Waals surface area contributed by atoms with Gasteiger partial charge in [-0.3, -0.25) is 4.79 Å². The Morgan fingerprint density at radius 1 is 1.53 bits per heavy atom. The fourth-order valence-electron chi connectivity index (χ4n) is 1.34. The summed E-state index contributed by atoms with van der Waals surface area (Å²) in [6.45, 7) is 1.74. The third kappa shape index (κ3) is 2.57. The highest BCUT2D eigenvalue weighted by Gasteiger charge is 2.14. The summed E-state index contributed by atoms with van der Waals surface area (Å²) in [4.78, 5) is 11.8. The number of carbonyl (C=O) groups excluding carboxylic acids is 1. The number of nitrogens with one attached hydrogen (secondary N) is 2. The zero-order valence-electron chi connectivity index (χ0n) is 9.08. The number of aromatic amines is 1. The number of aromatic nitrogens is 4. The van der Waals surface area contributed by atoms with E-state index in [0.717, 1.165) is 0 Å². The number of hydrogen-bond acceptors (Lipinski definition) is 5. The van der Waals surface area contributed by atoms with Crippen LogP contribution in [-0.2, 0) is 0 Å². The van der Waals surface area contributed by atoms with E-state index in [9.17, 15) is 9.90 Å². The summed E-state index contributed by atoms with van der Waals surface area (Å²) in [5.74, 6) is 0.140. The van der Waals surface area contributed by atoms with E-state index in [-0.39, 0.29) is 17.7 Å². The lowest BCUT2D eigenvalue weighted by atomic mass is 10.2. The van der Waals surface area contributed by atoms with Crippen molar-refractivity contribution in [2.45, 2.75) is 13.0 Å². The van der Waals surface area contributed by atoms with Crippen LogP contribution in [0.3, 0.4) is 0 Å². The Kier molecular flexibility index (Phi) is 2.99. The fraction of sp³-hybridized carbons (Fsp3) is 0.200. The number of nitrogens with zero attached hydrogens (tertiary/aromatic N) is 3. The molecule has 0 aliphatic rings. The third-order valence-corrected chi connectivity index (χ3v) is 2.20. The maximum Gasteiger partial charge on any atom is 0.251 e. The highest BCUT2D eigenvalue weighted by atomic mass is 16.3. The van der Waals surface area contributed by atoms with Crippen LogP contribution in [0.25, 0.3) is 0 Å². The van der Waals surface area contributed by atoms with Gasteiger partial charge in [-0.1, -0.05) is 11.3 Å². The van der Waals surface area contributed by atoms with Crippen LogP contribution in [0, 0.1) is 0 Å². The molecule has 0 fully saturated rings. The molecule has 1 unspecified atom stereocenters. The van der Waals surface area contributed by atoms with E-state index in [1.165, 1.54) is 12.1 Å². The smallest absolute Gasteiger partial charge is 0.251 e. The molecule has 88 valence electrons. The molecule has 1 amide bonds. The number of tetrazole rings is 1. The predicted molar refractivity (Wildman–Crippen MR) is 58.2 cm³/mol. The molecule has 7 nitrogen and oxygen atoms in total. The standard InChI is InChI=1S/C10H11N5O2/c1-6(9-12-14-15-13-9)11-10(17)7-3-2-4-8(16)5-7/h2-6,16H,1H3,(H,11,17)(H,12,13,14,15). The van der Waals surface area contributed by atoms with Gasteiger partial charge in [0.2, 0.25) is 0 Å². The van der Waals surface area contributed by atoms with E-state index >= 15 is 0 Å². The molecule has 0 aliphatic heterocycles. The predicted octanol–water partition coefficient (Wildman–Crippen LogP) is 0.396. The van der Waals surface area contributed by atoms with Crippen LogP contribution < -0.4 is 5.32 Å². The van der Waals surface area contributed by atoms with Crippen molar-refractivity contribution in [3.05, 3.63) is 35.7 Å². The molecule has 0 spiro atoms. The Hall–Kier alpha value is -2.44. The van der Waals surface area contributed by atoms with Gasteiger partial charge in [-0.15, -0.1) is 10.2 Å². The Morgan fingerprint density at radius 2 is 2.35 bits per heavy atom. The Balaban J connectivity index is 2.07. The van der Waals surface area contributed by atoms with E-state index in [1.807, 2.05) is 0 Å². The van der Waals surface area contributed by atoms with Crippen molar-refractivity contribution >= 4 is 5.91 Å². The summed E-state index contributed by atoms with van der Waals surface area (Å²) >= 11 is 0. The zero-order valence-corrected chi connectivity index (χ0v) is 9.08. The topological polar surface area (TPSA) is 104 Å². The first kappa shape index (κ1) is 11.1. The quantitative estimate of drug-likeness (QED) is 0.711. The Morgan fingerprint density at radius 3 is 3.00 bits per heavy atom. The van der Waals surface area contributed by atoms with Gasteiger partial charge in [-0.25, -0.2) is 0 Å². The molecule has 1 heterocycles. The summed E-state index contributed by atoms with van der Waals surface area (Å²) in [6.07, 6.45) is 0. The van der Waals surface area contributed by atoms with Crippen LogP contribution >= 0.6 is 0 Å². The first-order valence-electron chi connectivity index (χ1n) is 5.00. The molecule has 1 aromatic heterocycles. The highest BCUT2D eigenvalue weighted by molar-refractivity contribution is 5.94. The number of H-pyrrole nitrogens is 1. The molecule has 0 saturated heterocycles. The van der Waals surface area contributed by atoms with Gasteiger partial charge in [0.1, 0.15) is 5.75 Å². The molecule has 0 aliphatic carbocycles. The van der Waals surface area contributed by atoms with Crippen LogP contribution in [0.2, 0.25) is 0 Å². The van der Waals surface area contributed by atoms with Crippen LogP contribution in [0.15, 0.2) is 24.3 Å². The lowest BCUT2D eigenvalue weighted by Crippen LogP contribution is -2.27. The minimum Gasteiger partial charge on any atom is -0.508 e. The molecular weight excluding hydrogens is 222 g/mol. The molecule has 3 N–H and O–H groups in total. The molecule has 1 atom stereocenters. The molecule has 1 aromatic carbocycles. The average molecular weight is 233 g/mol. The van der Waals surface area contributed by atoms with Crippen LogP contribution in [0.5, 0.6) is 5.75 Å². The SMILES string of the molecule is CC(NC(=O)c1cccc(O)c1)c1nn[nH]n1. The second-order valence-electron chi connectivity index (χ2n) is 3.52. The molecule has 7 heteroatoms. The number of phenolic OH excluding ortho intramolecular Hbond substituents is 1. The Bertz CT molecular complexity index is 511. The van der Waals surface area contributed by atoms with Crippen LogP contribution in [0.1, 0.15) is 29.1 Å². The molecule has 17 heavy (non-hydrogen) atoms. The second-order valence-corrected chi connectivity index (χ2v) is 3.52. The van der Waals surface area contributed by atoms with E-state index in [1.54, 1.807) is 19.1 Å². The minimum absolute atomic E-state index is 0.0462. The van der Waals surface area contributed by atoms with Gasteiger partial charge >= 0.3 is 0 Å². The van der Waals surface area contributed by atoms with E-state index < -0.39 is 0 Å². The van der Waals surface area contributed by atoms with Crippen molar-refractivity contribution in [2.75, 3.05) is 0 Å². The van der Waals surface area contributed by atoms with E-state index in [0.29, 0.717) is 11.4 Å². The number of hydrogen-bond donors (Lipinski definition) is 3. The number of aromatic hydroxyl groups is 1. The van der Waals surface area contributed by atoms with Crippen molar-refractivity contribution in [3.8, 4) is 5.75 Å². The maximum absolute atomic E-state index is 11.8. The summed E-state index contributed by atoms with van der Waals surface area (Å²) in [5.41, 5.74) is 0.375. The summed E-state index contributed by atoms with van der Waals surface area (Å²) in [6, 6.07) is 5.74. The summed E-state index contributed by atoms with van der Waals surface area (Å²) < 4.78 is 0. The number of carbonyl (C=O) groups is 1. The van der Waals surface area contributed by atoms with Crippen molar-refractivity contribution < 1.29 is 9.90 Å². The number of phenols is 1. The van der Waals surface area contributed by atoms with Crippen molar-refractivity contribution in [1.82, 2.24) is 25.9 Å². The summed E-state index contributed by atoms with van der Waals surface area (Å²) in [5, 5.41) is 25.2. The van der Waals surface area contributed by atoms with Crippen molar-refractivity contribution in [2.24, 2.45) is 0 Å². The van der Waals surface area contributed by atoms with Gasteiger partial charge < -0.3 is 10.4 Å². The van der Waals surface area contributed by atoms with Gasteiger partial charge in [0.05, 0.1) is 6.04 Å². The van der Waals surface area contributed by atoms with Gasteiger partial charge in [0.25, 0.3) is 5.91 Å². The van der Waals surface area contributed by atoms with E-state index in [4.69, 9.17) is 0 Å². The fourth-order valence-corrected chi connectivity index (χ4v) is 1.34. The van der Waals surface area contributed by atoms with Crippen molar-refractivity contribution in [3.63, 3.8) is 0 Å². The molecule has 2 aromatic rings. The Labute approximate surface area is 96.9 Å². The largest absolute Gasteiger partial charge is 0.508 e. The summed E-state index contributed by atoms with van der Waals surface area (Å²) in [7, 11) is 0. The highest BCUT2D eigenvalue weighted by Crippen LogP contribution is 2.12. The van der Waals surface area contributed by atoms with Crippen molar-refractivity contribution in [1.29, 1.82) is 0 Å². The maximum atomic E-state index is 11.8. The first-order valence-corrected chi connectivity index (χ1v) is 5.00. The van der Waals surface area contributed by atoms with Crippen LogP contribution in [-0.4, -0.2) is 31.6 Å². The molecule has 0 saturated carbocycles. The molecule has 2 rings (SSSR count). The first-order chi connectivity index (χ1) is 8.16. The normalized spacial score (nSPS) is 12.1. The number of amides is 1. The van der Waals surface area contributed by atoms with Gasteiger partial charge in [0.15, 0.2) is 5.82 Å². The molecule has 0 radical (unpaired) electrons. The van der Waals surface area contributed by atoms with Crippen LogP contribution in [0.4, 0.5) is 0 Å². The van der Waals surface area contributed by atoms with Gasteiger partial charge in [-0.05, 0) is 25.1 Å². The molecule has 0 bridgehead atoms. The zero-order chi connectivity index (χ0) is 12.3. The average Bonchev–Trinajstić information content (AvgIpc) is 2.82. The lowest BCUT2D eigenvalue weighted by molar-refractivity contribution is 0.0938. The monoisotopic (exact) mass is 233 g/mol. The van der Waals surface area contributed by atoms with Gasteiger partial charge in [-0.2, -0.15) is 5.21 Å². The third-order valence-electron chi connectivity index (χ3n) is 2.20. The lowest BCUT2D eigenvalue weighted by Gasteiger charge is -2.09. The number of benzene rings is 1. The van der Waals surface area contributed by atoms with E-state index in [2.05, 4.69) is 25.9 Å². The minimum atomic E-state index is -0.358. The second kappa shape index (κ2) is 4.60. The molecular formula is C10H11N5O2.